The molecular formula is C22H23NO4. The molecule has 0 atom stereocenters. The number of ether oxygens (including phenoxy) is 2. The fourth-order valence-electron chi connectivity index (χ4n) is 3.11. The van der Waals surface area contributed by atoms with E-state index >= 15 is 0 Å². The first kappa shape index (κ1) is 18.7. The monoisotopic (exact) mass is 365 g/mol. The van der Waals surface area contributed by atoms with Crippen LogP contribution in [-0.2, 0) is 4.74 Å². The lowest BCUT2D eigenvalue weighted by Gasteiger charge is -2.14. The quantitative estimate of drug-likeness (QED) is 0.621. The molecule has 0 bridgehead atoms. The molecule has 0 spiro atoms. The SMILES string of the molecule is COC(=O)c1cn(C(=O)COc2cc(C)ccc2C(C)C)c2ccccc12. The molecule has 5 nitrogen and oxygen atoms in total. The van der Waals surface area contributed by atoms with Gasteiger partial charge < -0.3 is 9.47 Å². The minimum Gasteiger partial charge on any atom is -0.483 e. The Balaban J connectivity index is 1.90. The van der Waals surface area contributed by atoms with E-state index in [1.54, 1.807) is 12.1 Å². The summed E-state index contributed by atoms with van der Waals surface area (Å²) >= 11 is 0. The third-order valence-corrected chi connectivity index (χ3v) is 4.53. The van der Waals surface area contributed by atoms with Crippen molar-refractivity contribution in [3.63, 3.8) is 0 Å². The minimum absolute atomic E-state index is 0.123. The Morgan fingerprint density at radius 1 is 1.11 bits per heavy atom. The molecule has 0 fully saturated rings. The highest BCUT2D eigenvalue weighted by Gasteiger charge is 2.19. The van der Waals surface area contributed by atoms with Crippen molar-refractivity contribution in [1.82, 2.24) is 4.57 Å². The summed E-state index contributed by atoms with van der Waals surface area (Å²) < 4.78 is 12.1. The van der Waals surface area contributed by atoms with E-state index in [-0.39, 0.29) is 18.4 Å². The average molecular weight is 365 g/mol. The second-order valence-electron chi connectivity index (χ2n) is 6.80. The normalized spacial score (nSPS) is 11.0. The average Bonchev–Trinajstić information content (AvgIpc) is 3.05. The molecule has 2 aromatic carbocycles. The lowest BCUT2D eigenvalue weighted by molar-refractivity contribution is 0.0603. The number of para-hydroxylation sites is 1. The summed E-state index contributed by atoms with van der Waals surface area (Å²) in [7, 11) is 1.32. The van der Waals surface area contributed by atoms with Crippen LogP contribution in [0.3, 0.4) is 0 Å². The van der Waals surface area contributed by atoms with Crippen LogP contribution in [0.5, 0.6) is 5.75 Å². The first-order chi connectivity index (χ1) is 12.9. The number of carbonyl (C=O) groups excluding carboxylic acids is 2. The van der Waals surface area contributed by atoms with Crippen LogP contribution in [0.4, 0.5) is 0 Å². The third-order valence-electron chi connectivity index (χ3n) is 4.53. The van der Waals surface area contributed by atoms with E-state index in [2.05, 4.69) is 13.8 Å². The Morgan fingerprint density at radius 3 is 2.56 bits per heavy atom. The van der Waals surface area contributed by atoms with Gasteiger partial charge in [-0.1, -0.05) is 44.2 Å². The Labute approximate surface area is 158 Å². The van der Waals surface area contributed by atoms with Gasteiger partial charge in [0.25, 0.3) is 5.91 Å². The number of fused-ring (bicyclic) bond motifs is 1. The van der Waals surface area contributed by atoms with Crippen LogP contribution in [0.2, 0.25) is 0 Å². The maximum Gasteiger partial charge on any atom is 0.340 e. The van der Waals surface area contributed by atoms with Crippen LogP contribution in [0, 0.1) is 6.92 Å². The molecule has 3 rings (SSSR count). The molecule has 140 valence electrons. The molecule has 3 aromatic rings. The highest BCUT2D eigenvalue weighted by Crippen LogP contribution is 2.28. The standard InChI is InChI=1S/C22H23NO4/c1-14(2)16-10-9-15(3)11-20(16)27-13-21(24)23-12-18(22(25)26-4)17-7-5-6-8-19(17)23/h5-12,14H,13H2,1-4H3. The van der Waals surface area contributed by atoms with E-state index in [1.807, 2.05) is 37.3 Å². The van der Waals surface area contributed by atoms with Crippen molar-refractivity contribution in [3.05, 3.63) is 65.4 Å². The zero-order valence-electron chi connectivity index (χ0n) is 16.0. The second kappa shape index (κ2) is 7.66. The van der Waals surface area contributed by atoms with E-state index < -0.39 is 5.97 Å². The summed E-state index contributed by atoms with van der Waals surface area (Å²) in [6, 6.07) is 13.2. The smallest absolute Gasteiger partial charge is 0.340 e. The largest absolute Gasteiger partial charge is 0.483 e. The topological polar surface area (TPSA) is 57.5 Å². The number of methoxy groups -OCH3 is 1. The molecule has 0 aliphatic rings. The lowest BCUT2D eigenvalue weighted by Crippen LogP contribution is -2.19. The summed E-state index contributed by atoms with van der Waals surface area (Å²) in [5.41, 5.74) is 3.14. The number of carbonyl (C=O) groups is 2. The van der Waals surface area contributed by atoms with Gasteiger partial charge in [-0.2, -0.15) is 0 Å². The van der Waals surface area contributed by atoms with Gasteiger partial charge in [0, 0.05) is 11.6 Å². The fraction of sp³-hybridized carbons (Fsp3) is 0.273. The van der Waals surface area contributed by atoms with Crippen LogP contribution >= 0.6 is 0 Å². The summed E-state index contributed by atoms with van der Waals surface area (Å²) in [4.78, 5) is 24.8. The number of rotatable bonds is 5. The van der Waals surface area contributed by atoms with E-state index in [0.29, 0.717) is 22.2 Å². The molecule has 1 heterocycles. The number of aromatic nitrogens is 1. The van der Waals surface area contributed by atoms with Crippen molar-refractivity contribution in [2.75, 3.05) is 13.7 Å². The first-order valence-corrected chi connectivity index (χ1v) is 8.87. The molecule has 1 aromatic heterocycles. The van der Waals surface area contributed by atoms with Gasteiger partial charge >= 0.3 is 5.97 Å². The van der Waals surface area contributed by atoms with Crippen molar-refractivity contribution in [1.29, 1.82) is 0 Å². The van der Waals surface area contributed by atoms with Crippen molar-refractivity contribution in [2.45, 2.75) is 26.7 Å². The summed E-state index contributed by atoms with van der Waals surface area (Å²) in [6.07, 6.45) is 1.52. The maximum atomic E-state index is 12.8. The van der Waals surface area contributed by atoms with E-state index in [0.717, 1.165) is 11.1 Å². The molecule has 0 saturated carbocycles. The molecule has 0 N–H and O–H groups in total. The zero-order valence-corrected chi connectivity index (χ0v) is 16.0. The summed E-state index contributed by atoms with van der Waals surface area (Å²) in [6.45, 7) is 6.03. The van der Waals surface area contributed by atoms with Crippen molar-refractivity contribution in [3.8, 4) is 5.75 Å². The molecule has 0 aliphatic heterocycles. The highest BCUT2D eigenvalue weighted by molar-refractivity contribution is 6.07. The predicted octanol–water partition coefficient (Wildman–Crippen LogP) is 4.58. The van der Waals surface area contributed by atoms with Gasteiger partial charge in [0.2, 0.25) is 0 Å². The molecule has 0 amide bonds. The molecular weight excluding hydrogens is 342 g/mol. The fourth-order valence-corrected chi connectivity index (χ4v) is 3.11. The third kappa shape index (κ3) is 3.72. The van der Waals surface area contributed by atoms with Gasteiger partial charge in [0.1, 0.15) is 5.75 Å². The van der Waals surface area contributed by atoms with Gasteiger partial charge in [0.15, 0.2) is 6.61 Å². The number of nitrogens with zero attached hydrogens (tertiary/aromatic N) is 1. The molecule has 0 saturated heterocycles. The summed E-state index contributed by atoms with van der Waals surface area (Å²) in [5, 5.41) is 0.677. The number of benzene rings is 2. The van der Waals surface area contributed by atoms with Crippen LogP contribution in [0.1, 0.15) is 46.0 Å². The second-order valence-corrected chi connectivity index (χ2v) is 6.80. The van der Waals surface area contributed by atoms with E-state index in [4.69, 9.17) is 9.47 Å². The Hall–Kier alpha value is -3.08. The zero-order chi connectivity index (χ0) is 19.6. The van der Waals surface area contributed by atoms with Crippen LogP contribution in [-0.4, -0.2) is 30.2 Å². The number of esters is 1. The molecule has 0 unspecified atom stereocenters. The van der Waals surface area contributed by atoms with Gasteiger partial charge in [0.05, 0.1) is 18.2 Å². The predicted molar refractivity (Wildman–Crippen MR) is 105 cm³/mol. The number of aryl methyl sites for hydroxylation is 1. The lowest BCUT2D eigenvalue weighted by atomic mass is 10.0. The van der Waals surface area contributed by atoms with E-state index in [9.17, 15) is 9.59 Å². The maximum absolute atomic E-state index is 12.8. The van der Waals surface area contributed by atoms with Crippen LogP contribution in [0.25, 0.3) is 10.9 Å². The summed E-state index contributed by atoms with van der Waals surface area (Å²) in [5.74, 6) is 0.272. The van der Waals surface area contributed by atoms with E-state index in [1.165, 1.54) is 17.9 Å². The van der Waals surface area contributed by atoms with Gasteiger partial charge in [-0.05, 0) is 36.1 Å². The van der Waals surface area contributed by atoms with Gasteiger partial charge in [-0.25, -0.2) is 4.79 Å². The minimum atomic E-state index is -0.473. The Kier molecular flexibility index (Phi) is 5.31. The van der Waals surface area contributed by atoms with Crippen molar-refractivity contribution < 1.29 is 19.1 Å². The Bertz CT molecular complexity index is 1000. The van der Waals surface area contributed by atoms with Gasteiger partial charge in [-0.3, -0.25) is 9.36 Å². The van der Waals surface area contributed by atoms with Crippen molar-refractivity contribution in [2.24, 2.45) is 0 Å². The van der Waals surface area contributed by atoms with Crippen LogP contribution < -0.4 is 4.74 Å². The molecule has 0 aliphatic carbocycles. The first-order valence-electron chi connectivity index (χ1n) is 8.87. The molecule has 27 heavy (non-hydrogen) atoms. The molecule has 0 radical (unpaired) electrons. The molecule has 5 heteroatoms. The van der Waals surface area contributed by atoms with Gasteiger partial charge in [-0.15, -0.1) is 0 Å². The Morgan fingerprint density at radius 2 is 1.85 bits per heavy atom. The van der Waals surface area contributed by atoms with Crippen LogP contribution in [0.15, 0.2) is 48.7 Å². The highest BCUT2D eigenvalue weighted by atomic mass is 16.5. The number of hydrogen-bond donors (Lipinski definition) is 0. The van der Waals surface area contributed by atoms with Crippen molar-refractivity contribution >= 4 is 22.8 Å². The number of hydrogen-bond acceptors (Lipinski definition) is 4.